The first-order chi connectivity index (χ1) is 8.69. The maximum absolute atomic E-state index is 9.71. The smallest absolute Gasteiger partial charge is 0.186 e. The second-order valence-electron chi connectivity index (χ2n) is 4.89. The summed E-state index contributed by atoms with van der Waals surface area (Å²) in [5.41, 5.74) is 0. The highest BCUT2D eigenvalue weighted by atomic mass is 16.7. The van der Waals surface area contributed by atoms with Crippen LogP contribution >= 0.6 is 0 Å². The third-order valence-electron chi connectivity index (χ3n) is 3.24. The second kappa shape index (κ2) is 8.82. The topological polar surface area (TPSA) is 79.2 Å². The van der Waals surface area contributed by atoms with Crippen LogP contribution in [0.15, 0.2) is 0 Å². The number of unbranched alkanes of at least 4 members (excludes halogenated alkanes) is 4. The molecule has 0 spiro atoms. The Labute approximate surface area is 109 Å². The number of aliphatic hydroxyl groups excluding tert-OH is 3. The summed E-state index contributed by atoms with van der Waals surface area (Å²) in [4.78, 5) is 0. The van der Waals surface area contributed by atoms with Gasteiger partial charge in [-0.25, -0.2) is 0 Å². The SMILES string of the molecule is CCCCCCCO[C@H]1O[C@H](CO)C[C@H](O)[C@@H]1O. The van der Waals surface area contributed by atoms with E-state index in [0.717, 1.165) is 12.8 Å². The summed E-state index contributed by atoms with van der Waals surface area (Å²) in [5.74, 6) is 0. The summed E-state index contributed by atoms with van der Waals surface area (Å²) in [6.07, 6.45) is 2.71. The molecular weight excluding hydrogens is 236 g/mol. The van der Waals surface area contributed by atoms with Crippen LogP contribution in [0.1, 0.15) is 45.4 Å². The average Bonchev–Trinajstić information content (AvgIpc) is 2.38. The van der Waals surface area contributed by atoms with Crippen LogP contribution in [0.3, 0.4) is 0 Å². The average molecular weight is 262 g/mol. The predicted octanol–water partition coefficient (Wildman–Crippen LogP) is 0.802. The molecule has 1 aliphatic heterocycles. The Morgan fingerprint density at radius 1 is 1.17 bits per heavy atom. The van der Waals surface area contributed by atoms with Gasteiger partial charge in [-0.1, -0.05) is 32.6 Å². The van der Waals surface area contributed by atoms with Crippen LogP contribution in [0.2, 0.25) is 0 Å². The molecular formula is C13H26O5. The minimum atomic E-state index is -1.02. The summed E-state index contributed by atoms with van der Waals surface area (Å²) in [5, 5.41) is 28.3. The van der Waals surface area contributed by atoms with Crippen molar-refractivity contribution in [3.63, 3.8) is 0 Å². The van der Waals surface area contributed by atoms with E-state index in [1.807, 2.05) is 0 Å². The first-order valence-corrected chi connectivity index (χ1v) is 6.93. The molecule has 1 saturated heterocycles. The molecule has 5 heteroatoms. The van der Waals surface area contributed by atoms with Crippen molar-refractivity contribution in [2.45, 2.75) is 70.1 Å². The lowest BCUT2D eigenvalue weighted by Gasteiger charge is -2.36. The summed E-state index contributed by atoms with van der Waals surface area (Å²) >= 11 is 0. The van der Waals surface area contributed by atoms with Crippen molar-refractivity contribution in [1.29, 1.82) is 0 Å². The van der Waals surface area contributed by atoms with Crippen molar-refractivity contribution in [3.8, 4) is 0 Å². The van der Waals surface area contributed by atoms with Gasteiger partial charge in [0.2, 0.25) is 0 Å². The van der Waals surface area contributed by atoms with Crippen LogP contribution in [0.25, 0.3) is 0 Å². The molecule has 1 aliphatic rings. The molecule has 0 aromatic heterocycles. The minimum Gasteiger partial charge on any atom is -0.394 e. The molecule has 0 bridgehead atoms. The van der Waals surface area contributed by atoms with Crippen LogP contribution in [0, 0.1) is 0 Å². The molecule has 1 heterocycles. The van der Waals surface area contributed by atoms with Gasteiger partial charge in [0.1, 0.15) is 6.10 Å². The Hall–Kier alpha value is -0.200. The van der Waals surface area contributed by atoms with Crippen molar-refractivity contribution < 1.29 is 24.8 Å². The van der Waals surface area contributed by atoms with E-state index >= 15 is 0 Å². The summed E-state index contributed by atoms with van der Waals surface area (Å²) in [7, 11) is 0. The number of ether oxygens (including phenoxy) is 2. The van der Waals surface area contributed by atoms with Gasteiger partial charge in [-0.05, 0) is 6.42 Å². The van der Waals surface area contributed by atoms with Gasteiger partial charge in [-0.2, -0.15) is 0 Å². The largest absolute Gasteiger partial charge is 0.394 e. The summed E-state index contributed by atoms with van der Waals surface area (Å²) < 4.78 is 10.8. The molecule has 18 heavy (non-hydrogen) atoms. The van der Waals surface area contributed by atoms with Gasteiger partial charge < -0.3 is 24.8 Å². The Morgan fingerprint density at radius 3 is 2.56 bits per heavy atom. The molecule has 0 aliphatic carbocycles. The molecule has 1 rings (SSSR count). The number of hydrogen-bond donors (Lipinski definition) is 3. The van der Waals surface area contributed by atoms with E-state index < -0.39 is 24.6 Å². The maximum Gasteiger partial charge on any atom is 0.186 e. The third kappa shape index (κ3) is 5.20. The van der Waals surface area contributed by atoms with E-state index in [2.05, 4.69) is 6.92 Å². The molecule has 5 nitrogen and oxygen atoms in total. The van der Waals surface area contributed by atoms with Crippen molar-refractivity contribution in [2.75, 3.05) is 13.2 Å². The van der Waals surface area contributed by atoms with Crippen LogP contribution < -0.4 is 0 Å². The van der Waals surface area contributed by atoms with Gasteiger partial charge in [-0.3, -0.25) is 0 Å². The zero-order valence-electron chi connectivity index (χ0n) is 11.1. The minimum absolute atomic E-state index is 0.167. The third-order valence-corrected chi connectivity index (χ3v) is 3.24. The maximum atomic E-state index is 9.71. The fourth-order valence-corrected chi connectivity index (χ4v) is 2.08. The van der Waals surface area contributed by atoms with E-state index in [9.17, 15) is 10.2 Å². The fraction of sp³-hybridized carbons (Fsp3) is 1.00. The van der Waals surface area contributed by atoms with Gasteiger partial charge in [0, 0.05) is 13.0 Å². The van der Waals surface area contributed by atoms with Crippen molar-refractivity contribution in [1.82, 2.24) is 0 Å². The highest BCUT2D eigenvalue weighted by Gasteiger charge is 2.36. The van der Waals surface area contributed by atoms with Crippen LogP contribution in [0.4, 0.5) is 0 Å². The van der Waals surface area contributed by atoms with Crippen molar-refractivity contribution in [2.24, 2.45) is 0 Å². The van der Waals surface area contributed by atoms with Crippen molar-refractivity contribution >= 4 is 0 Å². The first kappa shape index (κ1) is 15.9. The molecule has 0 unspecified atom stereocenters. The first-order valence-electron chi connectivity index (χ1n) is 6.93. The molecule has 0 aromatic rings. The lowest BCUT2D eigenvalue weighted by molar-refractivity contribution is -0.271. The van der Waals surface area contributed by atoms with Gasteiger partial charge >= 0.3 is 0 Å². The molecule has 0 saturated carbocycles. The van der Waals surface area contributed by atoms with Gasteiger partial charge in [0.15, 0.2) is 6.29 Å². The molecule has 108 valence electrons. The van der Waals surface area contributed by atoms with Crippen LogP contribution in [0.5, 0.6) is 0 Å². The monoisotopic (exact) mass is 262 g/mol. The number of rotatable bonds is 8. The highest BCUT2D eigenvalue weighted by Crippen LogP contribution is 2.21. The lowest BCUT2D eigenvalue weighted by Crippen LogP contribution is -2.50. The quantitative estimate of drug-likeness (QED) is 0.564. The summed E-state index contributed by atoms with van der Waals surface area (Å²) in [6, 6.07) is 0. The Balaban J connectivity index is 2.18. The van der Waals surface area contributed by atoms with Crippen LogP contribution in [-0.2, 0) is 9.47 Å². The molecule has 4 atom stereocenters. The highest BCUT2D eigenvalue weighted by molar-refractivity contribution is 4.80. The standard InChI is InChI=1S/C13H26O5/c1-2-3-4-5-6-7-17-13-12(16)11(15)8-10(9-14)18-13/h10-16H,2-9H2,1H3/t10-,11-,12-,13-/m0/s1. The molecule has 1 fully saturated rings. The van der Waals surface area contributed by atoms with E-state index in [1.54, 1.807) is 0 Å². The fourth-order valence-electron chi connectivity index (χ4n) is 2.08. The molecule has 3 N–H and O–H groups in total. The predicted molar refractivity (Wildman–Crippen MR) is 67.1 cm³/mol. The Bertz CT molecular complexity index is 212. The molecule has 0 amide bonds. The van der Waals surface area contributed by atoms with E-state index in [-0.39, 0.29) is 13.0 Å². The van der Waals surface area contributed by atoms with Gasteiger partial charge in [0.05, 0.1) is 18.8 Å². The Kier molecular flexibility index (Phi) is 7.77. The Morgan fingerprint density at radius 2 is 1.89 bits per heavy atom. The normalized spacial score (nSPS) is 32.7. The van der Waals surface area contributed by atoms with Gasteiger partial charge in [0.25, 0.3) is 0 Å². The second-order valence-corrected chi connectivity index (χ2v) is 4.89. The number of aliphatic hydroxyl groups is 3. The van der Waals surface area contributed by atoms with E-state index in [4.69, 9.17) is 14.6 Å². The van der Waals surface area contributed by atoms with Gasteiger partial charge in [-0.15, -0.1) is 0 Å². The van der Waals surface area contributed by atoms with Crippen molar-refractivity contribution in [3.05, 3.63) is 0 Å². The summed E-state index contributed by atoms with van der Waals surface area (Å²) in [6.45, 7) is 2.51. The molecule has 0 aromatic carbocycles. The lowest BCUT2D eigenvalue weighted by atomic mass is 10.0. The van der Waals surface area contributed by atoms with E-state index in [1.165, 1.54) is 19.3 Å². The van der Waals surface area contributed by atoms with Crippen LogP contribution in [-0.4, -0.2) is 53.1 Å². The number of hydrogen-bond acceptors (Lipinski definition) is 5. The zero-order valence-corrected chi connectivity index (χ0v) is 11.1. The van der Waals surface area contributed by atoms with E-state index in [0.29, 0.717) is 6.61 Å². The molecule has 0 radical (unpaired) electrons. The zero-order chi connectivity index (χ0) is 13.4.